The minimum atomic E-state index is 0.360. The van der Waals surface area contributed by atoms with E-state index < -0.39 is 0 Å². The first-order valence-electron chi connectivity index (χ1n) is 6.67. The van der Waals surface area contributed by atoms with Gasteiger partial charge in [-0.3, -0.25) is 0 Å². The quantitative estimate of drug-likeness (QED) is 0.853. The third kappa shape index (κ3) is 2.83. The average molecular weight is 269 g/mol. The molecule has 0 saturated heterocycles. The summed E-state index contributed by atoms with van der Waals surface area (Å²) in [7, 11) is 0. The summed E-state index contributed by atoms with van der Waals surface area (Å²) in [5.74, 6) is 0.848. The lowest BCUT2D eigenvalue weighted by atomic mass is 10.1. The van der Waals surface area contributed by atoms with Crippen molar-refractivity contribution < 1.29 is 4.74 Å². The van der Waals surface area contributed by atoms with Gasteiger partial charge in [0.25, 0.3) is 0 Å². The molecule has 0 bridgehead atoms. The van der Waals surface area contributed by atoms with Crippen LogP contribution in [0.1, 0.15) is 42.3 Å². The summed E-state index contributed by atoms with van der Waals surface area (Å²) in [6.45, 7) is 8.63. The molecule has 0 N–H and O–H groups in total. The molecule has 0 unspecified atom stereocenters. The second-order valence-electron chi connectivity index (χ2n) is 5.23. The lowest BCUT2D eigenvalue weighted by Gasteiger charge is -2.15. The number of hydrogen-bond donors (Lipinski definition) is 0. The highest BCUT2D eigenvalue weighted by Gasteiger charge is 2.10. The van der Waals surface area contributed by atoms with Crippen LogP contribution in [0.3, 0.4) is 0 Å². The Morgan fingerprint density at radius 2 is 1.95 bits per heavy atom. The van der Waals surface area contributed by atoms with Crippen molar-refractivity contribution >= 4 is 0 Å². The van der Waals surface area contributed by atoms with Crippen LogP contribution in [0.2, 0.25) is 0 Å². The van der Waals surface area contributed by atoms with E-state index in [0.29, 0.717) is 18.2 Å². The predicted octanol–water partition coefficient (Wildman–Crippen LogP) is 3.53. The van der Waals surface area contributed by atoms with Crippen LogP contribution in [0, 0.1) is 25.2 Å². The molecule has 0 aliphatic rings. The molecule has 4 nitrogen and oxygen atoms in total. The van der Waals surface area contributed by atoms with Gasteiger partial charge in [0.15, 0.2) is 0 Å². The first kappa shape index (κ1) is 14.1. The van der Waals surface area contributed by atoms with Gasteiger partial charge in [0.1, 0.15) is 12.4 Å². The molecule has 4 heteroatoms. The summed E-state index contributed by atoms with van der Waals surface area (Å²) in [4.78, 5) is 4.17. The van der Waals surface area contributed by atoms with Crippen LogP contribution >= 0.6 is 0 Å². The number of benzene rings is 1. The fourth-order valence-electron chi connectivity index (χ4n) is 2.30. The van der Waals surface area contributed by atoms with Crippen LogP contribution in [0.5, 0.6) is 5.75 Å². The van der Waals surface area contributed by atoms with Gasteiger partial charge in [-0.25, -0.2) is 4.98 Å². The van der Waals surface area contributed by atoms with Crippen molar-refractivity contribution in [1.82, 2.24) is 9.55 Å². The minimum Gasteiger partial charge on any atom is -0.487 e. The molecule has 1 aromatic carbocycles. The van der Waals surface area contributed by atoms with Gasteiger partial charge >= 0.3 is 0 Å². The Kier molecular flexibility index (Phi) is 4.09. The van der Waals surface area contributed by atoms with Crippen molar-refractivity contribution in [1.29, 1.82) is 5.26 Å². The smallest absolute Gasteiger partial charge is 0.130 e. The van der Waals surface area contributed by atoms with Crippen LogP contribution < -0.4 is 4.74 Å². The largest absolute Gasteiger partial charge is 0.487 e. The molecule has 0 atom stereocenters. The molecule has 104 valence electrons. The number of rotatable bonds is 4. The highest BCUT2D eigenvalue weighted by atomic mass is 16.5. The van der Waals surface area contributed by atoms with Gasteiger partial charge in [-0.2, -0.15) is 5.26 Å². The van der Waals surface area contributed by atoms with Gasteiger partial charge in [-0.1, -0.05) is 0 Å². The molecule has 0 radical (unpaired) electrons. The molecule has 0 amide bonds. The van der Waals surface area contributed by atoms with E-state index >= 15 is 0 Å². The van der Waals surface area contributed by atoms with Gasteiger partial charge in [0.05, 0.1) is 29.9 Å². The maximum absolute atomic E-state index is 8.95. The van der Waals surface area contributed by atoms with E-state index in [1.54, 1.807) is 0 Å². The summed E-state index contributed by atoms with van der Waals surface area (Å²) in [6.07, 6.45) is 3.65. The SMILES string of the molecule is Cc1cc(C#N)cc(C)c1OCc1cncn1C(C)C. The van der Waals surface area contributed by atoms with Crippen LogP contribution in [0.4, 0.5) is 0 Å². The van der Waals surface area contributed by atoms with Gasteiger partial charge in [-0.15, -0.1) is 0 Å². The summed E-state index contributed by atoms with van der Waals surface area (Å²) in [5.41, 5.74) is 3.68. The molecular formula is C16H19N3O. The second kappa shape index (κ2) is 5.79. The standard InChI is InChI=1S/C16H19N3O/c1-11(2)19-10-18-8-15(19)9-20-16-12(3)5-14(7-17)6-13(16)4/h5-6,8,10-11H,9H2,1-4H3. The van der Waals surface area contributed by atoms with Crippen LogP contribution in [-0.2, 0) is 6.61 Å². The number of imidazole rings is 1. The normalized spacial score (nSPS) is 10.6. The number of ether oxygens (including phenoxy) is 1. The topological polar surface area (TPSA) is 50.8 Å². The molecule has 20 heavy (non-hydrogen) atoms. The van der Waals surface area contributed by atoms with Crippen molar-refractivity contribution in [3.8, 4) is 11.8 Å². The molecule has 0 aliphatic carbocycles. The van der Waals surface area contributed by atoms with Crippen molar-refractivity contribution in [2.45, 2.75) is 40.3 Å². The Balaban J connectivity index is 2.19. The number of hydrogen-bond acceptors (Lipinski definition) is 3. The average Bonchev–Trinajstić information content (AvgIpc) is 2.86. The van der Waals surface area contributed by atoms with E-state index in [2.05, 4.69) is 29.5 Å². The zero-order valence-electron chi connectivity index (χ0n) is 12.3. The Morgan fingerprint density at radius 3 is 2.50 bits per heavy atom. The second-order valence-corrected chi connectivity index (χ2v) is 5.23. The molecular weight excluding hydrogens is 250 g/mol. The molecule has 0 saturated carbocycles. The van der Waals surface area contributed by atoms with E-state index in [1.165, 1.54) is 0 Å². The van der Waals surface area contributed by atoms with E-state index in [1.807, 2.05) is 38.5 Å². The molecule has 1 aromatic heterocycles. The van der Waals surface area contributed by atoms with E-state index in [9.17, 15) is 0 Å². The van der Waals surface area contributed by atoms with Gasteiger partial charge in [-0.05, 0) is 51.0 Å². The van der Waals surface area contributed by atoms with Crippen LogP contribution in [0.25, 0.3) is 0 Å². The minimum absolute atomic E-state index is 0.360. The highest BCUT2D eigenvalue weighted by Crippen LogP contribution is 2.25. The predicted molar refractivity (Wildman–Crippen MR) is 77.6 cm³/mol. The number of nitrogens with zero attached hydrogens (tertiary/aromatic N) is 3. The summed E-state index contributed by atoms with van der Waals surface area (Å²) < 4.78 is 8.02. The van der Waals surface area contributed by atoms with Crippen molar-refractivity contribution in [2.24, 2.45) is 0 Å². The van der Waals surface area contributed by atoms with Crippen LogP contribution in [0.15, 0.2) is 24.7 Å². The summed E-state index contributed by atoms with van der Waals surface area (Å²) >= 11 is 0. The Labute approximate surface area is 119 Å². The zero-order chi connectivity index (χ0) is 14.7. The van der Waals surface area contributed by atoms with Crippen molar-refractivity contribution in [2.75, 3.05) is 0 Å². The third-order valence-corrected chi connectivity index (χ3v) is 3.26. The van der Waals surface area contributed by atoms with Crippen molar-refractivity contribution in [3.63, 3.8) is 0 Å². The van der Waals surface area contributed by atoms with E-state index in [-0.39, 0.29) is 0 Å². The molecule has 2 rings (SSSR count). The number of aromatic nitrogens is 2. The third-order valence-electron chi connectivity index (χ3n) is 3.26. The Bertz CT molecular complexity index is 627. The van der Waals surface area contributed by atoms with E-state index in [4.69, 9.17) is 10.00 Å². The van der Waals surface area contributed by atoms with Gasteiger partial charge in [0.2, 0.25) is 0 Å². The van der Waals surface area contributed by atoms with Crippen molar-refractivity contribution in [3.05, 3.63) is 47.0 Å². The maximum atomic E-state index is 8.95. The lowest BCUT2D eigenvalue weighted by Crippen LogP contribution is -2.08. The van der Waals surface area contributed by atoms with Crippen LogP contribution in [-0.4, -0.2) is 9.55 Å². The molecule has 1 heterocycles. The fraction of sp³-hybridized carbons (Fsp3) is 0.375. The van der Waals surface area contributed by atoms with Gasteiger partial charge < -0.3 is 9.30 Å². The number of nitriles is 1. The summed E-state index contributed by atoms with van der Waals surface area (Å²) in [5, 5.41) is 8.95. The molecule has 2 aromatic rings. The fourth-order valence-corrected chi connectivity index (χ4v) is 2.30. The zero-order valence-corrected chi connectivity index (χ0v) is 12.3. The van der Waals surface area contributed by atoms with Gasteiger partial charge in [0, 0.05) is 6.04 Å². The Hall–Kier alpha value is -2.28. The molecule has 0 fully saturated rings. The first-order chi connectivity index (χ1) is 9.52. The first-order valence-corrected chi connectivity index (χ1v) is 6.67. The summed E-state index contributed by atoms with van der Waals surface area (Å²) in [6, 6.07) is 6.22. The maximum Gasteiger partial charge on any atom is 0.130 e. The lowest BCUT2D eigenvalue weighted by molar-refractivity contribution is 0.288. The Morgan fingerprint density at radius 1 is 1.30 bits per heavy atom. The van der Waals surface area contributed by atoms with E-state index in [0.717, 1.165) is 22.6 Å². The number of aryl methyl sites for hydroxylation is 2. The molecule has 0 spiro atoms. The highest BCUT2D eigenvalue weighted by molar-refractivity contribution is 5.47. The monoisotopic (exact) mass is 269 g/mol. The molecule has 0 aliphatic heterocycles.